The van der Waals surface area contributed by atoms with Crippen LogP contribution in [0.5, 0.6) is 0 Å². The lowest BCUT2D eigenvalue weighted by Crippen LogP contribution is -2.45. The van der Waals surface area contributed by atoms with E-state index in [9.17, 15) is 14.4 Å². The largest absolute Gasteiger partial charge is 0.480 e. The number of nitrogens with one attached hydrogen (secondary N) is 1. The summed E-state index contributed by atoms with van der Waals surface area (Å²) in [6, 6.07) is 1.02. The molecule has 0 aliphatic carbocycles. The number of carbonyl (C=O) groups is 3. The van der Waals surface area contributed by atoms with E-state index in [4.69, 9.17) is 10.2 Å². The van der Waals surface area contributed by atoms with Gasteiger partial charge in [-0.3, -0.25) is 14.6 Å². The Labute approximate surface area is 115 Å². The fourth-order valence-electron chi connectivity index (χ4n) is 1.49. The van der Waals surface area contributed by atoms with Crippen molar-refractivity contribution in [2.75, 3.05) is 13.1 Å². The number of nitrogens with zero attached hydrogens (tertiary/aromatic N) is 2. The quantitative estimate of drug-likeness (QED) is 0.678. The fourth-order valence-corrected chi connectivity index (χ4v) is 1.49. The first-order valence-corrected chi connectivity index (χ1v) is 5.76. The average Bonchev–Trinajstić information content (AvgIpc) is 2.35. The van der Waals surface area contributed by atoms with Crippen molar-refractivity contribution in [1.29, 1.82) is 0 Å². The number of aromatic nitrogens is 1. The highest BCUT2D eigenvalue weighted by Gasteiger charge is 2.19. The molecule has 0 bridgehead atoms. The molecule has 1 aromatic rings. The number of pyridine rings is 1. The third-order valence-corrected chi connectivity index (χ3v) is 2.52. The van der Waals surface area contributed by atoms with Gasteiger partial charge in [-0.05, 0) is 24.1 Å². The van der Waals surface area contributed by atoms with Gasteiger partial charge in [0, 0.05) is 18.9 Å². The number of aryl methyl sites for hydroxylation is 1. The van der Waals surface area contributed by atoms with Gasteiger partial charge in [0.2, 0.25) is 0 Å². The van der Waals surface area contributed by atoms with Crippen molar-refractivity contribution in [3.63, 3.8) is 0 Å². The minimum absolute atomic E-state index is 0.147. The van der Waals surface area contributed by atoms with Crippen LogP contribution in [0.25, 0.3) is 0 Å². The van der Waals surface area contributed by atoms with Crippen LogP contribution in [0.2, 0.25) is 0 Å². The number of urea groups is 1. The number of carbonyl (C=O) groups excluding carboxylic acids is 1. The molecule has 1 aromatic heterocycles. The van der Waals surface area contributed by atoms with Crippen molar-refractivity contribution in [1.82, 2.24) is 15.2 Å². The molecule has 0 aromatic carbocycles. The fraction of sp³-hybridized carbons (Fsp3) is 0.333. The van der Waals surface area contributed by atoms with Gasteiger partial charge < -0.3 is 20.4 Å². The van der Waals surface area contributed by atoms with Crippen LogP contribution in [0.4, 0.5) is 4.79 Å². The number of carboxylic acid groups (broad SMARTS) is 2. The van der Waals surface area contributed by atoms with Gasteiger partial charge in [0.1, 0.15) is 13.1 Å². The van der Waals surface area contributed by atoms with Crippen LogP contribution in [0, 0.1) is 6.92 Å². The van der Waals surface area contributed by atoms with Crippen LogP contribution in [-0.4, -0.2) is 51.2 Å². The number of hydrogen-bond acceptors (Lipinski definition) is 4. The number of carboxylic acids is 2. The Bertz CT molecular complexity index is 502. The number of rotatable bonds is 6. The summed E-state index contributed by atoms with van der Waals surface area (Å²) in [5.41, 5.74) is 1.69. The van der Waals surface area contributed by atoms with Gasteiger partial charge in [-0.1, -0.05) is 0 Å². The summed E-state index contributed by atoms with van der Waals surface area (Å²) in [6.45, 7) is 0.637. The molecule has 1 rings (SSSR count). The average molecular weight is 281 g/mol. The van der Waals surface area contributed by atoms with Crippen LogP contribution in [0.3, 0.4) is 0 Å². The smallest absolute Gasteiger partial charge is 0.323 e. The normalized spacial score (nSPS) is 9.85. The second-order valence-electron chi connectivity index (χ2n) is 4.10. The predicted molar refractivity (Wildman–Crippen MR) is 68.1 cm³/mol. The Hall–Kier alpha value is -2.64. The maximum atomic E-state index is 11.8. The monoisotopic (exact) mass is 281 g/mol. The Morgan fingerprint density at radius 3 is 2.35 bits per heavy atom. The lowest BCUT2D eigenvalue weighted by atomic mass is 10.2. The molecule has 8 nitrogen and oxygen atoms in total. The van der Waals surface area contributed by atoms with E-state index in [1.165, 1.54) is 0 Å². The Morgan fingerprint density at radius 2 is 1.85 bits per heavy atom. The van der Waals surface area contributed by atoms with E-state index in [0.29, 0.717) is 4.90 Å². The molecule has 1 heterocycles. The van der Waals surface area contributed by atoms with E-state index < -0.39 is 31.1 Å². The maximum absolute atomic E-state index is 11.8. The first kappa shape index (κ1) is 15.4. The zero-order valence-electron chi connectivity index (χ0n) is 10.9. The predicted octanol–water partition coefficient (Wildman–Crippen LogP) is 0.0708. The van der Waals surface area contributed by atoms with Crippen LogP contribution >= 0.6 is 0 Å². The summed E-state index contributed by atoms with van der Waals surface area (Å²) in [6.07, 6.45) is 3.19. The zero-order valence-corrected chi connectivity index (χ0v) is 10.9. The molecule has 0 spiro atoms. The lowest BCUT2D eigenvalue weighted by Gasteiger charge is -2.19. The van der Waals surface area contributed by atoms with Crippen molar-refractivity contribution in [2.45, 2.75) is 13.5 Å². The molecule has 3 N–H and O–H groups in total. The van der Waals surface area contributed by atoms with E-state index >= 15 is 0 Å². The third kappa shape index (κ3) is 4.92. The first-order chi connectivity index (χ1) is 9.40. The van der Waals surface area contributed by atoms with Gasteiger partial charge in [0.15, 0.2) is 0 Å². The maximum Gasteiger partial charge on any atom is 0.323 e. The van der Waals surface area contributed by atoms with Crippen LogP contribution in [0.1, 0.15) is 11.1 Å². The molecular formula is C12H15N3O5. The summed E-state index contributed by atoms with van der Waals surface area (Å²) < 4.78 is 0. The molecule has 8 heteroatoms. The van der Waals surface area contributed by atoms with E-state index in [-0.39, 0.29) is 6.54 Å². The highest BCUT2D eigenvalue weighted by atomic mass is 16.4. The molecule has 0 aliphatic heterocycles. The highest BCUT2D eigenvalue weighted by molar-refractivity contribution is 5.84. The highest BCUT2D eigenvalue weighted by Crippen LogP contribution is 2.04. The van der Waals surface area contributed by atoms with Gasteiger partial charge >= 0.3 is 18.0 Å². The topological polar surface area (TPSA) is 120 Å². The van der Waals surface area contributed by atoms with Crippen LogP contribution in [-0.2, 0) is 16.1 Å². The van der Waals surface area contributed by atoms with Crippen LogP contribution < -0.4 is 5.32 Å². The Balaban J connectivity index is 2.64. The Kier molecular flexibility index (Phi) is 5.45. The van der Waals surface area contributed by atoms with Crippen molar-refractivity contribution < 1.29 is 24.6 Å². The third-order valence-electron chi connectivity index (χ3n) is 2.52. The van der Waals surface area contributed by atoms with Crippen molar-refractivity contribution >= 4 is 18.0 Å². The van der Waals surface area contributed by atoms with Crippen molar-refractivity contribution in [2.24, 2.45) is 0 Å². The standard InChI is InChI=1S/C12H15N3O5/c1-8-2-3-13-4-9(8)5-14-12(20)15(6-10(16)17)7-11(18)19/h2-4H,5-7H2,1H3,(H,14,20)(H,16,17)(H,18,19). The summed E-state index contributed by atoms with van der Waals surface area (Å²) >= 11 is 0. The van der Waals surface area contributed by atoms with Gasteiger partial charge in [-0.15, -0.1) is 0 Å². The molecule has 0 fully saturated rings. The molecule has 0 saturated carbocycles. The van der Waals surface area contributed by atoms with E-state index in [0.717, 1.165) is 11.1 Å². The summed E-state index contributed by atoms with van der Waals surface area (Å²) in [5, 5.41) is 19.8. The van der Waals surface area contributed by atoms with E-state index in [1.807, 2.05) is 6.92 Å². The molecular weight excluding hydrogens is 266 g/mol. The molecule has 0 radical (unpaired) electrons. The SMILES string of the molecule is Cc1ccncc1CNC(=O)N(CC(=O)O)CC(=O)O. The minimum atomic E-state index is -1.28. The molecule has 0 atom stereocenters. The number of aliphatic carboxylic acids is 2. The van der Waals surface area contributed by atoms with Gasteiger partial charge in [0.05, 0.1) is 0 Å². The van der Waals surface area contributed by atoms with Crippen LogP contribution in [0.15, 0.2) is 18.5 Å². The molecule has 108 valence electrons. The van der Waals surface area contributed by atoms with Gasteiger partial charge in [0.25, 0.3) is 0 Å². The summed E-state index contributed by atoms with van der Waals surface area (Å²) in [5.74, 6) is -2.56. The van der Waals surface area contributed by atoms with Crippen molar-refractivity contribution in [3.05, 3.63) is 29.6 Å². The summed E-state index contributed by atoms with van der Waals surface area (Å²) in [7, 11) is 0. The van der Waals surface area contributed by atoms with Crippen molar-refractivity contribution in [3.8, 4) is 0 Å². The molecule has 0 unspecified atom stereocenters. The van der Waals surface area contributed by atoms with Gasteiger partial charge in [-0.25, -0.2) is 4.79 Å². The zero-order chi connectivity index (χ0) is 15.1. The number of hydrogen-bond donors (Lipinski definition) is 3. The summed E-state index contributed by atoms with van der Waals surface area (Å²) in [4.78, 5) is 37.6. The second kappa shape index (κ2) is 7.07. The second-order valence-corrected chi connectivity index (χ2v) is 4.10. The molecule has 0 aliphatic rings. The molecule has 0 saturated heterocycles. The Morgan fingerprint density at radius 1 is 1.25 bits per heavy atom. The lowest BCUT2D eigenvalue weighted by molar-refractivity contribution is -0.140. The minimum Gasteiger partial charge on any atom is -0.480 e. The van der Waals surface area contributed by atoms with Gasteiger partial charge in [-0.2, -0.15) is 0 Å². The van der Waals surface area contributed by atoms with E-state index in [1.54, 1.807) is 18.5 Å². The molecule has 20 heavy (non-hydrogen) atoms. The van der Waals surface area contributed by atoms with E-state index in [2.05, 4.69) is 10.3 Å². The molecule has 2 amide bonds. The first-order valence-electron chi connectivity index (χ1n) is 5.76. The number of amides is 2.